The van der Waals surface area contributed by atoms with Crippen molar-refractivity contribution in [2.75, 3.05) is 71.0 Å². The maximum atomic E-state index is 12.4. The molecule has 0 aromatic heterocycles. The summed E-state index contributed by atoms with van der Waals surface area (Å²) >= 11 is 6.07. The first kappa shape index (κ1) is 19.3. The van der Waals surface area contributed by atoms with Gasteiger partial charge in [-0.05, 0) is 37.1 Å². The third-order valence-corrected chi connectivity index (χ3v) is 5.50. The molecule has 6 nitrogen and oxygen atoms in total. The molecule has 2 heterocycles. The summed E-state index contributed by atoms with van der Waals surface area (Å²) in [4.78, 5) is 19.0. The molecule has 2 amide bonds. The van der Waals surface area contributed by atoms with Crippen LogP contribution in [0.4, 0.5) is 10.5 Å². The van der Waals surface area contributed by atoms with E-state index in [1.807, 2.05) is 23.1 Å². The van der Waals surface area contributed by atoms with Gasteiger partial charge in [-0.2, -0.15) is 0 Å². The second-order valence-electron chi connectivity index (χ2n) is 7.09. The molecule has 1 atom stereocenters. The number of likely N-dealkylation sites (tertiary alicyclic amines) is 1. The number of nitrogens with zero attached hydrogens (tertiary/aromatic N) is 3. The molecule has 2 aliphatic heterocycles. The molecule has 1 aromatic carbocycles. The summed E-state index contributed by atoms with van der Waals surface area (Å²) in [7, 11) is 1.74. The fraction of sp³-hybridized carbons (Fsp3) is 0.632. The lowest BCUT2D eigenvalue weighted by molar-refractivity contribution is 0.158. The number of rotatable bonds is 6. The van der Waals surface area contributed by atoms with E-state index in [1.165, 1.54) is 0 Å². The molecule has 144 valence electrons. The predicted octanol–water partition coefficient (Wildman–Crippen LogP) is 2.14. The van der Waals surface area contributed by atoms with Crippen LogP contribution in [-0.2, 0) is 4.74 Å². The van der Waals surface area contributed by atoms with Crippen LogP contribution in [0.1, 0.15) is 6.42 Å². The Morgan fingerprint density at radius 1 is 1.27 bits per heavy atom. The van der Waals surface area contributed by atoms with Crippen molar-refractivity contribution in [3.8, 4) is 0 Å². The van der Waals surface area contributed by atoms with Crippen LogP contribution in [0.25, 0.3) is 0 Å². The number of piperazine rings is 1. The molecule has 2 fully saturated rings. The number of benzene rings is 1. The molecular weight excluding hydrogens is 352 g/mol. The number of anilines is 1. The first-order valence-corrected chi connectivity index (χ1v) is 9.78. The molecule has 1 aromatic rings. The third-order valence-electron chi connectivity index (χ3n) is 5.26. The maximum absolute atomic E-state index is 12.4. The Bertz CT molecular complexity index is 593. The molecule has 0 bridgehead atoms. The van der Waals surface area contributed by atoms with E-state index in [1.54, 1.807) is 7.11 Å². The first-order valence-electron chi connectivity index (χ1n) is 9.40. The molecule has 2 saturated heterocycles. The minimum Gasteiger partial charge on any atom is -0.383 e. The minimum absolute atomic E-state index is 0.0612. The number of amides is 2. The number of hydrogen-bond donors (Lipinski definition) is 1. The number of ether oxygens (including phenoxy) is 1. The van der Waals surface area contributed by atoms with Crippen molar-refractivity contribution >= 4 is 23.3 Å². The van der Waals surface area contributed by atoms with Gasteiger partial charge < -0.3 is 24.8 Å². The van der Waals surface area contributed by atoms with Crippen molar-refractivity contribution < 1.29 is 9.53 Å². The summed E-state index contributed by atoms with van der Waals surface area (Å²) in [5, 5.41) is 3.87. The molecule has 3 rings (SSSR count). The highest BCUT2D eigenvalue weighted by atomic mass is 35.5. The average molecular weight is 381 g/mol. The van der Waals surface area contributed by atoms with E-state index >= 15 is 0 Å². The minimum atomic E-state index is 0.0612. The van der Waals surface area contributed by atoms with Crippen molar-refractivity contribution in [2.24, 2.45) is 5.92 Å². The van der Waals surface area contributed by atoms with Crippen LogP contribution in [0.15, 0.2) is 24.3 Å². The van der Waals surface area contributed by atoms with Crippen molar-refractivity contribution in [3.63, 3.8) is 0 Å². The van der Waals surface area contributed by atoms with Gasteiger partial charge >= 0.3 is 6.03 Å². The van der Waals surface area contributed by atoms with Gasteiger partial charge in [-0.1, -0.05) is 17.7 Å². The molecule has 26 heavy (non-hydrogen) atoms. The monoisotopic (exact) mass is 380 g/mol. The van der Waals surface area contributed by atoms with Gasteiger partial charge in [0, 0.05) is 63.6 Å². The van der Waals surface area contributed by atoms with E-state index < -0.39 is 0 Å². The molecule has 1 N–H and O–H groups in total. The van der Waals surface area contributed by atoms with E-state index in [2.05, 4.69) is 21.2 Å². The average Bonchev–Trinajstić information content (AvgIpc) is 3.12. The van der Waals surface area contributed by atoms with Crippen LogP contribution in [0.2, 0.25) is 5.02 Å². The standard InChI is InChI=1S/C19H29ClN4O2/c1-26-12-11-22-6-5-16(15-22)14-21-19(25)24-9-7-23(8-10-24)18-4-2-3-17(20)13-18/h2-4,13,16H,5-12,14-15H2,1H3,(H,21,25). The van der Waals surface area contributed by atoms with E-state index in [0.29, 0.717) is 5.92 Å². The predicted molar refractivity (Wildman–Crippen MR) is 105 cm³/mol. The Morgan fingerprint density at radius 2 is 2.08 bits per heavy atom. The van der Waals surface area contributed by atoms with Crippen LogP contribution in [0.3, 0.4) is 0 Å². The smallest absolute Gasteiger partial charge is 0.317 e. The Morgan fingerprint density at radius 3 is 2.81 bits per heavy atom. The number of methoxy groups -OCH3 is 1. The van der Waals surface area contributed by atoms with Crippen LogP contribution >= 0.6 is 11.6 Å². The Kier molecular flexibility index (Phi) is 7.00. The van der Waals surface area contributed by atoms with Gasteiger partial charge in [0.25, 0.3) is 0 Å². The fourth-order valence-electron chi connectivity index (χ4n) is 3.69. The summed E-state index contributed by atoms with van der Waals surface area (Å²) in [5.41, 5.74) is 1.12. The number of urea groups is 1. The summed E-state index contributed by atoms with van der Waals surface area (Å²) in [5.74, 6) is 0.545. The summed E-state index contributed by atoms with van der Waals surface area (Å²) in [6.07, 6.45) is 1.15. The van der Waals surface area contributed by atoms with Crippen LogP contribution in [0, 0.1) is 5.92 Å². The van der Waals surface area contributed by atoms with Crippen molar-refractivity contribution in [1.29, 1.82) is 0 Å². The lowest BCUT2D eigenvalue weighted by Crippen LogP contribution is -2.52. The van der Waals surface area contributed by atoms with Crippen molar-refractivity contribution in [2.45, 2.75) is 6.42 Å². The number of hydrogen-bond acceptors (Lipinski definition) is 4. The molecule has 0 radical (unpaired) electrons. The summed E-state index contributed by atoms with van der Waals surface area (Å²) in [6, 6.07) is 7.96. The molecular formula is C19H29ClN4O2. The van der Waals surface area contributed by atoms with E-state index in [9.17, 15) is 4.79 Å². The molecule has 7 heteroatoms. The number of carbonyl (C=O) groups excluding carboxylic acids is 1. The second-order valence-corrected chi connectivity index (χ2v) is 7.52. The van der Waals surface area contributed by atoms with E-state index in [0.717, 1.165) is 76.1 Å². The SMILES string of the molecule is COCCN1CCC(CNC(=O)N2CCN(c3cccc(Cl)c3)CC2)C1. The number of halogens is 1. The highest BCUT2D eigenvalue weighted by Crippen LogP contribution is 2.21. The fourth-order valence-corrected chi connectivity index (χ4v) is 3.87. The molecule has 2 aliphatic rings. The van der Waals surface area contributed by atoms with E-state index in [4.69, 9.17) is 16.3 Å². The first-order chi connectivity index (χ1) is 12.7. The van der Waals surface area contributed by atoms with Gasteiger partial charge in [-0.15, -0.1) is 0 Å². The Balaban J connectivity index is 1.38. The largest absolute Gasteiger partial charge is 0.383 e. The van der Waals surface area contributed by atoms with Gasteiger partial charge in [0.05, 0.1) is 6.61 Å². The molecule has 0 aliphatic carbocycles. The van der Waals surface area contributed by atoms with Crippen molar-refractivity contribution in [3.05, 3.63) is 29.3 Å². The zero-order valence-electron chi connectivity index (χ0n) is 15.5. The van der Waals surface area contributed by atoms with Gasteiger partial charge in [0.1, 0.15) is 0 Å². The zero-order chi connectivity index (χ0) is 18.4. The highest BCUT2D eigenvalue weighted by molar-refractivity contribution is 6.30. The normalized spacial score (nSPS) is 21.2. The summed E-state index contributed by atoms with van der Waals surface area (Å²) in [6.45, 7) is 7.81. The maximum Gasteiger partial charge on any atom is 0.317 e. The van der Waals surface area contributed by atoms with Crippen LogP contribution in [0.5, 0.6) is 0 Å². The second kappa shape index (κ2) is 9.44. The Hall–Kier alpha value is -1.50. The van der Waals surface area contributed by atoms with E-state index in [-0.39, 0.29) is 6.03 Å². The van der Waals surface area contributed by atoms with Crippen molar-refractivity contribution in [1.82, 2.24) is 15.1 Å². The zero-order valence-corrected chi connectivity index (χ0v) is 16.2. The van der Waals surface area contributed by atoms with Gasteiger partial charge in [0.15, 0.2) is 0 Å². The number of carbonyl (C=O) groups is 1. The van der Waals surface area contributed by atoms with Crippen LogP contribution < -0.4 is 10.2 Å². The van der Waals surface area contributed by atoms with Gasteiger partial charge in [-0.25, -0.2) is 4.79 Å². The molecule has 0 saturated carbocycles. The molecule has 0 spiro atoms. The molecule has 1 unspecified atom stereocenters. The van der Waals surface area contributed by atoms with Crippen LogP contribution in [-0.4, -0.2) is 81.9 Å². The summed E-state index contributed by atoms with van der Waals surface area (Å²) < 4.78 is 5.13. The number of nitrogens with one attached hydrogen (secondary N) is 1. The topological polar surface area (TPSA) is 48.1 Å². The lowest BCUT2D eigenvalue weighted by atomic mass is 10.1. The van der Waals surface area contributed by atoms with Gasteiger partial charge in [0.2, 0.25) is 0 Å². The third kappa shape index (κ3) is 5.25. The highest BCUT2D eigenvalue weighted by Gasteiger charge is 2.25. The lowest BCUT2D eigenvalue weighted by Gasteiger charge is -2.36. The Labute approximate surface area is 161 Å². The quantitative estimate of drug-likeness (QED) is 0.821. The van der Waals surface area contributed by atoms with Gasteiger partial charge in [-0.3, -0.25) is 0 Å².